The Morgan fingerprint density at radius 3 is 3.20 bits per heavy atom. The first-order chi connectivity index (χ1) is 7.24. The number of hydrogen-bond acceptors (Lipinski definition) is 4. The lowest BCUT2D eigenvalue weighted by atomic mass is 10.2. The number of carbonyl (C=O) groups is 1. The van der Waals surface area contributed by atoms with E-state index in [-0.39, 0.29) is 6.61 Å². The van der Waals surface area contributed by atoms with Crippen LogP contribution in [0.25, 0.3) is 0 Å². The molecule has 0 aliphatic heterocycles. The summed E-state index contributed by atoms with van der Waals surface area (Å²) < 4.78 is 4.36. The molecule has 15 heavy (non-hydrogen) atoms. The van der Waals surface area contributed by atoms with Gasteiger partial charge in [0.2, 0.25) is 6.61 Å². The maximum Gasteiger partial charge on any atom is 0.346 e. The van der Waals surface area contributed by atoms with Gasteiger partial charge in [0.15, 0.2) is 0 Å². The van der Waals surface area contributed by atoms with Crippen molar-refractivity contribution in [2.75, 3.05) is 13.7 Å². The van der Waals surface area contributed by atoms with Gasteiger partial charge in [0.1, 0.15) is 0 Å². The highest BCUT2D eigenvalue weighted by atomic mass is 35.5. The first-order valence-electron chi connectivity index (χ1n) is 4.12. The zero-order valence-corrected chi connectivity index (χ0v) is 8.82. The summed E-state index contributed by atoms with van der Waals surface area (Å²) in [5.41, 5.74) is 0.670. The Morgan fingerprint density at radius 1 is 1.73 bits per heavy atom. The number of carbonyl (C=O) groups excluding carboxylic acids is 1. The standard InChI is InChI=1S/C10H9ClNO3/c1-14-10(13)7-15-12-6-8-4-2-3-5-9(8)11/h3-6H,7H2,1H3/b12-6+. The third-order valence-electron chi connectivity index (χ3n) is 1.52. The Kier molecular flexibility index (Phi) is 4.63. The van der Waals surface area contributed by atoms with Crippen molar-refractivity contribution in [3.63, 3.8) is 0 Å². The molecule has 0 N–H and O–H groups in total. The fourth-order valence-electron chi connectivity index (χ4n) is 0.766. The minimum atomic E-state index is -0.488. The molecule has 0 spiro atoms. The van der Waals surface area contributed by atoms with E-state index in [1.54, 1.807) is 18.2 Å². The minimum absolute atomic E-state index is 0.221. The van der Waals surface area contributed by atoms with Gasteiger partial charge in [0.25, 0.3) is 0 Å². The molecule has 79 valence electrons. The molecule has 0 saturated carbocycles. The molecule has 0 aliphatic rings. The zero-order chi connectivity index (χ0) is 11.1. The highest BCUT2D eigenvalue weighted by Gasteiger charge is 1.98. The van der Waals surface area contributed by atoms with Crippen molar-refractivity contribution in [3.8, 4) is 0 Å². The van der Waals surface area contributed by atoms with Gasteiger partial charge in [-0.1, -0.05) is 22.8 Å². The molecular formula is C10H9ClNO3. The summed E-state index contributed by atoms with van der Waals surface area (Å²) >= 11 is 5.83. The van der Waals surface area contributed by atoms with Crippen LogP contribution in [0, 0.1) is 6.07 Å². The third-order valence-corrected chi connectivity index (χ3v) is 1.86. The summed E-state index contributed by atoms with van der Waals surface area (Å²) in [7, 11) is 1.28. The lowest BCUT2D eigenvalue weighted by Crippen LogP contribution is -2.07. The van der Waals surface area contributed by atoms with E-state index >= 15 is 0 Å². The first-order valence-corrected chi connectivity index (χ1v) is 4.49. The van der Waals surface area contributed by atoms with Gasteiger partial charge in [0, 0.05) is 10.6 Å². The van der Waals surface area contributed by atoms with Crippen LogP contribution in [0.1, 0.15) is 5.56 Å². The predicted molar refractivity (Wildman–Crippen MR) is 55.9 cm³/mol. The number of halogens is 1. The van der Waals surface area contributed by atoms with Crippen LogP contribution in [0.3, 0.4) is 0 Å². The number of esters is 1. The molecule has 5 heteroatoms. The molecule has 0 fully saturated rings. The van der Waals surface area contributed by atoms with E-state index in [9.17, 15) is 4.79 Å². The molecule has 4 nitrogen and oxygen atoms in total. The maximum absolute atomic E-state index is 10.6. The van der Waals surface area contributed by atoms with Gasteiger partial charge >= 0.3 is 5.97 Å². The molecule has 0 saturated heterocycles. The van der Waals surface area contributed by atoms with Crippen molar-refractivity contribution in [1.82, 2.24) is 0 Å². The quantitative estimate of drug-likeness (QED) is 0.446. The Hall–Kier alpha value is -1.55. The summed E-state index contributed by atoms with van der Waals surface area (Å²) in [4.78, 5) is 15.3. The molecule has 0 amide bonds. The molecule has 0 atom stereocenters. The number of benzene rings is 1. The molecule has 1 aromatic rings. The summed E-state index contributed by atoms with van der Waals surface area (Å²) in [5, 5.41) is 4.10. The third kappa shape index (κ3) is 3.99. The zero-order valence-electron chi connectivity index (χ0n) is 8.07. The lowest BCUT2D eigenvalue weighted by Gasteiger charge is -1.97. The van der Waals surface area contributed by atoms with Crippen LogP contribution < -0.4 is 0 Å². The first kappa shape index (κ1) is 11.5. The Balaban J connectivity index is 2.45. The summed E-state index contributed by atoms with van der Waals surface area (Å²) in [6.07, 6.45) is 1.40. The van der Waals surface area contributed by atoms with Gasteiger partial charge < -0.3 is 9.57 Å². The second-order valence-electron chi connectivity index (χ2n) is 2.53. The Labute approximate surface area is 92.4 Å². The highest BCUT2D eigenvalue weighted by molar-refractivity contribution is 6.33. The highest BCUT2D eigenvalue weighted by Crippen LogP contribution is 2.11. The smallest absolute Gasteiger partial charge is 0.346 e. The fraction of sp³-hybridized carbons (Fsp3) is 0.200. The SMILES string of the molecule is COC(=O)CO/N=C/c1c[c]ccc1Cl. The number of nitrogens with zero attached hydrogens (tertiary/aromatic N) is 1. The van der Waals surface area contributed by atoms with Crippen LogP contribution in [0.15, 0.2) is 23.4 Å². The lowest BCUT2D eigenvalue weighted by molar-refractivity contribution is -0.145. The van der Waals surface area contributed by atoms with E-state index in [1.165, 1.54) is 13.3 Å². The average molecular weight is 227 g/mol. The second kappa shape index (κ2) is 6.03. The minimum Gasteiger partial charge on any atom is -0.466 e. The van der Waals surface area contributed by atoms with Gasteiger partial charge in [0.05, 0.1) is 13.3 Å². The molecule has 0 bridgehead atoms. The van der Waals surface area contributed by atoms with E-state index < -0.39 is 5.97 Å². The molecule has 0 unspecified atom stereocenters. The maximum atomic E-state index is 10.6. The number of rotatable bonds is 4. The monoisotopic (exact) mass is 226 g/mol. The van der Waals surface area contributed by atoms with Crippen molar-refractivity contribution >= 4 is 23.8 Å². The molecule has 1 aromatic carbocycles. The molecule has 0 aliphatic carbocycles. The number of methoxy groups -OCH3 is 1. The van der Waals surface area contributed by atoms with E-state index in [4.69, 9.17) is 11.6 Å². The molecule has 0 heterocycles. The van der Waals surface area contributed by atoms with Crippen molar-refractivity contribution in [2.45, 2.75) is 0 Å². The van der Waals surface area contributed by atoms with Crippen LogP contribution in [0.4, 0.5) is 0 Å². The Bertz CT molecular complexity index is 365. The van der Waals surface area contributed by atoms with E-state index in [0.29, 0.717) is 10.6 Å². The van der Waals surface area contributed by atoms with Crippen LogP contribution in [0.5, 0.6) is 0 Å². The number of ether oxygens (including phenoxy) is 1. The van der Waals surface area contributed by atoms with Gasteiger partial charge in [-0.2, -0.15) is 0 Å². The second-order valence-corrected chi connectivity index (χ2v) is 2.94. The van der Waals surface area contributed by atoms with Gasteiger partial charge in [-0.25, -0.2) is 4.79 Å². The molecule has 0 aromatic heterocycles. The average Bonchev–Trinajstić information content (AvgIpc) is 2.26. The van der Waals surface area contributed by atoms with E-state index in [2.05, 4.69) is 20.8 Å². The normalized spacial score (nSPS) is 10.3. The van der Waals surface area contributed by atoms with E-state index in [1.807, 2.05) is 0 Å². The summed E-state index contributed by atoms with van der Waals surface area (Å²) in [6.45, 7) is -0.221. The number of hydrogen-bond donors (Lipinski definition) is 0. The van der Waals surface area contributed by atoms with Crippen molar-refractivity contribution in [2.24, 2.45) is 5.16 Å². The number of oxime groups is 1. The molecular weight excluding hydrogens is 218 g/mol. The van der Waals surface area contributed by atoms with Gasteiger partial charge in [-0.3, -0.25) is 0 Å². The van der Waals surface area contributed by atoms with Crippen LogP contribution >= 0.6 is 11.6 Å². The topological polar surface area (TPSA) is 47.9 Å². The predicted octanol–water partition coefficient (Wildman–Crippen LogP) is 1.66. The van der Waals surface area contributed by atoms with Crippen LogP contribution in [-0.2, 0) is 14.4 Å². The molecule has 1 radical (unpaired) electrons. The molecule has 1 rings (SSSR count). The van der Waals surface area contributed by atoms with Crippen molar-refractivity contribution in [3.05, 3.63) is 34.9 Å². The fourth-order valence-corrected chi connectivity index (χ4v) is 0.933. The van der Waals surface area contributed by atoms with Gasteiger partial charge in [-0.05, 0) is 18.2 Å². The summed E-state index contributed by atoms with van der Waals surface area (Å²) in [5.74, 6) is -0.488. The van der Waals surface area contributed by atoms with E-state index in [0.717, 1.165) is 0 Å². The Morgan fingerprint density at radius 2 is 2.53 bits per heavy atom. The van der Waals surface area contributed by atoms with Crippen molar-refractivity contribution < 1.29 is 14.4 Å². The van der Waals surface area contributed by atoms with Crippen LogP contribution in [0.2, 0.25) is 5.02 Å². The van der Waals surface area contributed by atoms with Crippen molar-refractivity contribution in [1.29, 1.82) is 0 Å². The largest absolute Gasteiger partial charge is 0.466 e. The van der Waals surface area contributed by atoms with Crippen LogP contribution in [-0.4, -0.2) is 25.9 Å². The summed E-state index contributed by atoms with van der Waals surface area (Å²) in [6, 6.07) is 7.87. The van der Waals surface area contributed by atoms with Gasteiger partial charge in [-0.15, -0.1) is 0 Å².